The summed E-state index contributed by atoms with van der Waals surface area (Å²) in [6.45, 7) is 3.73. The zero-order valence-electron chi connectivity index (χ0n) is 17.0. The van der Waals surface area contributed by atoms with Gasteiger partial charge in [-0.2, -0.15) is 5.21 Å². The van der Waals surface area contributed by atoms with Crippen LogP contribution in [0.3, 0.4) is 0 Å². The number of benzene rings is 2. The van der Waals surface area contributed by atoms with E-state index in [0.717, 1.165) is 31.2 Å². The lowest BCUT2D eigenvalue weighted by atomic mass is 9.99. The Kier molecular flexibility index (Phi) is 6.03. The number of aromatic nitrogens is 4. The lowest BCUT2D eigenvalue weighted by Gasteiger charge is -2.04. The molecular weight excluding hydrogens is 390 g/mol. The molecule has 0 radical (unpaired) electrons. The van der Waals surface area contributed by atoms with Gasteiger partial charge >= 0.3 is 0 Å². The van der Waals surface area contributed by atoms with Gasteiger partial charge in [0.05, 0.1) is 11.3 Å². The minimum absolute atomic E-state index is 0.134. The van der Waals surface area contributed by atoms with E-state index in [0.29, 0.717) is 33.5 Å². The molecule has 0 spiro atoms. The molecule has 2 aromatic heterocycles. The number of fused-ring (bicyclic) bond motifs is 1. The zero-order valence-corrected chi connectivity index (χ0v) is 17.0. The fourth-order valence-corrected chi connectivity index (χ4v) is 3.41. The van der Waals surface area contributed by atoms with E-state index < -0.39 is 0 Å². The number of nitrogens with one attached hydrogen (secondary N) is 1. The maximum Gasteiger partial charge on any atom is 0.241 e. The number of unbranched alkanes of at least 4 members (excludes halogenated alkanes) is 2. The number of tetrazole rings is 1. The van der Waals surface area contributed by atoms with Crippen molar-refractivity contribution in [2.24, 2.45) is 0 Å². The minimum atomic E-state index is -0.134. The predicted octanol–water partition coefficient (Wildman–Crippen LogP) is 4.88. The number of carbonyl (C=O) groups excluding carboxylic acids is 1. The first-order valence-electron chi connectivity index (χ1n) is 10.1. The number of hydrogen-bond acceptors (Lipinski definition) is 6. The Hall–Kier alpha value is -4.00. The molecule has 4 rings (SSSR count). The molecule has 0 atom stereocenters. The van der Waals surface area contributed by atoms with Gasteiger partial charge in [-0.05, 0) is 48.6 Å². The minimum Gasteiger partial charge on any atom is -0.450 e. The van der Waals surface area contributed by atoms with Gasteiger partial charge in [0.25, 0.3) is 0 Å². The van der Waals surface area contributed by atoms with Crippen LogP contribution < -0.4 is 5.73 Å². The average Bonchev–Trinajstić information content (AvgIpc) is 3.44. The van der Waals surface area contributed by atoms with Crippen LogP contribution in [-0.2, 0) is 6.42 Å². The van der Waals surface area contributed by atoms with Crippen LogP contribution in [0, 0.1) is 0 Å². The molecule has 0 bridgehead atoms. The van der Waals surface area contributed by atoms with Crippen molar-refractivity contribution in [1.82, 2.24) is 20.6 Å². The summed E-state index contributed by atoms with van der Waals surface area (Å²) >= 11 is 0. The van der Waals surface area contributed by atoms with Gasteiger partial charge in [0, 0.05) is 10.9 Å². The van der Waals surface area contributed by atoms with Crippen LogP contribution in [0.2, 0.25) is 0 Å². The van der Waals surface area contributed by atoms with E-state index >= 15 is 0 Å². The summed E-state index contributed by atoms with van der Waals surface area (Å²) in [4.78, 5) is 13.2. The van der Waals surface area contributed by atoms with Crippen LogP contribution in [-0.4, -0.2) is 26.4 Å². The maximum atomic E-state index is 13.2. The second-order valence-corrected chi connectivity index (χ2v) is 7.18. The Morgan fingerprint density at radius 3 is 2.71 bits per heavy atom. The summed E-state index contributed by atoms with van der Waals surface area (Å²) in [5.74, 6) is 0.402. The first kappa shape index (κ1) is 20.3. The van der Waals surface area contributed by atoms with Crippen molar-refractivity contribution < 1.29 is 9.21 Å². The third-order valence-corrected chi connectivity index (χ3v) is 5.06. The van der Waals surface area contributed by atoms with Gasteiger partial charge < -0.3 is 10.2 Å². The van der Waals surface area contributed by atoms with E-state index in [9.17, 15) is 4.79 Å². The normalized spacial score (nSPS) is 11.4. The summed E-state index contributed by atoms with van der Waals surface area (Å²) in [5, 5.41) is 14.4. The smallest absolute Gasteiger partial charge is 0.241 e. The number of furan rings is 1. The van der Waals surface area contributed by atoms with Crippen LogP contribution >= 0.6 is 0 Å². The molecule has 31 heavy (non-hydrogen) atoms. The number of hydrogen-bond donors (Lipinski definition) is 2. The molecular formula is C24H23N5O2. The van der Waals surface area contributed by atoms with E-state index in [1.807, 2.05) is 30.3 Å². The maximum absolute atomic E-state index is 13.2. The first-order valence-corrected chi connectivity index (χ1v) is 10.1. The lowest BCUT2D eigenvalue weighted by Crippen LogP contribution is -2.02. The molecule has 0 saturated heterocycles. The Balaban J connectivity index is 1.54. The van der Waals surface area contributed by atoms with E-state index in [-0.39, 0.29) is 11.6 Å². The van der Waals surface area contributed by atoms with Crippen molar-refractivity contribution >= 4 is 22.4 Å². The third kappa shape index (κ3) is 4.30. The molecule has 0 aliphatic rings. The van der Waals surface area contributed by atoms with Gasteiger partial charge in [-0.3, -0.25) is 4.79 Å². The summed E-state index contributed by atoms with van der Waals surface area (Å²) in [6.07, 6.45) is 10.3. The van der Waals surface area contributed by atoms with Crippen LogP contribution in [0.5, 0.6) is 0 Å². The highest BCUT2D eigenvalue weighted by Gasteiger charge is 2.22. The van der Waals surface area contributed by atoms with Crippen LogP contribution in [0.1, 0.15) is 40.7 Å². The van der Waals surface area contributed by atoms with Crippen molar-refractivity contribution in [2.75, 3.05) is 5.73 Å². The molecule has 0 fully saturated rings. The average molecular weight is 413 g/mol. The fourth-order valence-electron chi connectivity index (χ4n) is 3.41. The second-order valence-electron chi connectivity index (χ2n) is 7.18. The number of nitrogens with zero attached hydrogens (tertiary/aromatic N) is 3. The Bertz CT molecular complexity index is 1220. The standard InChI is InChI=1S/C24H23N5O2/c1-2-3-4-5-6-7-9-16-12-14-17(15-13-16)21(30)19-11-8-10-18-20(25)23(31-22(18)19)24-26-28-29-27-24/h2,6-8,10-15H,1,3-5,9,25H2,(H,26,27,28,29)/b7-6+. The number of carbonyl (C=O) groups is 1. The van der Waals surface area contributed by atoms with E-state index in [1.165, 1.54) is 0 Å². The molecule has 3 N–H and O–H groups in total. The summed E-state index contributed by atoms with van der Waals surface area (Å²) < 4.78 is 5.89. The van der Waals surface area contributed by atoms with E-state index in [2.05, 4.69) is 39.4 Å². The second kappa shape index (κ2) is 9.21. The number of para-hydroxylation sites is 1. The number of H-pyrrole nitrogens is 1. The summed E-state index contributed by atoms with van der Waals surface area (Å²) in [5.41, 5.74) is 9.17. The molecule has 0 aliphatic heterocycles. The number of nitrogen functional groups attached to an aromatic ring is 1. The Morgan fingerprint density at radius 1 is 1.13 bits per heavy atom. The molecule has 7 nitrogen and oxygen atoms in total. The van der Waals surface area contributed by atoms with Crippen LogP contribution in [0.15, 0.2) is 71.7 Å². The van der Waals surface area contributed by atoms with Gasteiger partial charge in [0.1, 0.15) is 5.58 Å². The number of rotatable bonds is 9. The number of allylic oxidation sites excluding steroid dienone is 3. The number of aromatic amines is 1. The summed E-state index contributed by atoms with van der Waals surface area (Å²) in [7, 11) is 0. The summed E-state index contributed by atoms with van der Waals surface area (Å²) in [6, 6.07) is 13.0. The fraction of sp³-hybridized carbons (Fsp3) is 0.167. The van der Waals surface area contributed by atoms with Crippen molar-refractivity contribution in [3.05, 3.63) is 84.0 Å². The van der Waals surface area contributed by atoms with Gasteiger partial charge in [-0.15, -0.1) is 16.8 Å². The molecule has 2 heterocycles. The lowest BCUT2D eigenvalue weighted by molar-refractivity contribution is 0.103. The highest BCUT2D eigenvalue weighted by atomic mass is 16.3. The molecule has 0 amide bonds. The van der Waals surface area contributed by atoms with E-state index in [1.54, 1.807) is 18.2 Å². The van der Waals surface area contributed by atoms with Crippen LogP contribution in [0.4, 0.5) is 5.69 Å². The molecule has 0 aliphatic carbocycles. The molecule has 156 valence electrons. The Morgan fingerprint density at radius 2 is 1.97 bits per heavy atom. The zero-order chi connectivity index (χ0) is 21.6. The molecule has 2 aromatic carbocycles. The van der Waals surface area contributed by atoms with Crippen LogP contribution in [0.25, 0.3) is 22.6 Å². The van der Waals surface area contributed by atoms with Gasteiger partial charge in [-0.25, -0.2) is 0 Å². The quantitative estimate of drug-likeness (QED) is 0.230. The van der Waals surface area contributed by atoms with Crippen molar-refractivity contribution in [3.63, 3.8) is 0 Å². The molecule has 7 heteroatoms. The number of anilines is 1. The van der Waals surface area contributed by atoms with Crippen molar-refractivity contribution in [3.8, 4) is 11.6 Å². The van der Waals surface area contributed by atoms with Crippen molar-refractivity contribution in [2.45, 2.75) is 25.7 Å². The third-order valence-electron chi connectivity index (χ3n) is 5.06. The highest BCUT2D eigenvalue weighted by Crippen LogP contribution is 2.36. The van der Waals surface area contributed by atoms with Crippen molar-refractivity contribution in [1.29, 1.82) is 0 Å². The molecule has 0 unspecified atom stereocenters. The predicted molar refractivity (Wildman–Crippen MR) is 121 cm³/mol. The van der Waals surface area contributed by atoms with Gasteiger partial charge in [-0.1, -0.05) is 48.6 Å². The Labute approximate surface area is 179 Å². The largest absolute Gasteiger partial charge is 0.450 e. The highest BCUT2D eigenvalue weighted by molar-refractivity contribution is 6.17. The SMILES string of the molecule is C=CCCC/C=C/Cc1ccc(C(=O)c2cccc3c(N)c(-c4nn[nH]n4)oc23)cc1. The monoisotopic (exact) mass is 413 g/mol. The topological polar surface area (TPSA) is 111 Å². The molecule has 4 aromatic rings. The number of ketones is 1. The van der Waals surface area contributed by atoms with E-state index in [4.69, 9.17) is 10.2 Å². The number of nitrogens with two attached hydrogens (primary N) is 1. The van der Waals surface area contributed by atoms with Gasteiger partial charge in [0.2, 0.25) is 5.82 Å². The first-order chi connectivity index (χ1) is 15.2. The molecule has 0 saturated carbocycles. The van der Waals surface area contributed by atoms with Gasteiger partial charge in [0.15, 0.2) is 11.5 Å².